The quantitative estimate of drug-likeness (QED) is 0.664. The lowest BCUT2D eigenvalue weighted by Crippen LogP contribution is -2.30. The number of ether oxygens (including phenoxy) is 3. The van der Waals surface area contributed by atoms with Crippen molar-refractivity contribution >= 4 is 21.8 Å². The highest BCUT2D eigenvalue weighted by Crippen LogP contribution is 2.38. The molecule has 0 saturated heterocycles. The zero-order valence-electron chi connectivity index (χ0n) is 15.1. The molecule has 0 bridgehead atoms. The molecule has 140 valence electrons. The molecule has 0 aliphatic carbocycles. The van der Waals surface area contributed by atoms with Crippen LogP contribution < -0.4 is 14.2 Å². The van der Waals surface area contributed by atoms with Crippen LogP contribution in [0.25, 0.3) is 0 Å². The summed E-state index contributed by atoms with van der Waals surface area (Å²) in [6.07, 6.45) is 0. The fourth-order valence-corrected chi connectivity index (χ4v) is 2.99. The van der Waals surface area contributed by atoms with Gasteiger partial charge in [-0.2, -0.15) is 0 Å². The van der Waals surface area contributed by atoms with Gasteiger partial charge in [0.1, 0.15) is 5.82 Å². The number of halogens is 2. The topological polar surface area (TPSA) is 48.0 Å². The maximum Gasteiger partial charge on any atom is 0.254 e. The van der Waals surface area contributed by atoms with Crippen molar-refractivity contribution in [3.63, 3.8) is 0 Å². The minimum Gasteiger partial charge on any atom is -0.493 e. The first-order valence-corrected chi connectivity index (χ1v) is 8.77. The van der Waals surface area contributed by atoms with Crippen LogP contribution in [0, 0.1) is 5.82 Å². The van der Waals surface area contributed by atoms with Crippen molar-refractivity contribution < 1.29 is 23.4 Å². The molecule has 0 saturated carbocycles. The highest BCUT2D eigenvalue weighted by atomic mass is 79.9. The van der Waals surface area contributed by atoms with Gasteiger partial charge in [0.15, 0.2) is 11.5 Å². The summed E-state index contributed by atoms with van der Waals surface area (Å²) in [7, 11) is 4.47. The van der Waals surface area contributed by atoms with Crippen LogP contribution in [0.4, 0.5) is 4.39 Å². The Morgan fingerprint density at radius 2 is 1.69 bits per heavy atom. The molecule has 0 unspecified atom stereocenters. The molecule has 0 heterocycles. The Bertz CT molecular complexity index is 772. The van der Waals surface area contributed by atoms with Crippen LogP contribution in [-0.4, -0.2) is 38.7 Å². The number of carbonyl (C=O) groups excluding carboxylic acids is 1. The van der Waals surface area contributed by atoms with E-state index in [1.165, 1.54) is 27.4 Å². The molecule has 2 aromatic carbocycles. The Morgan fingerprint density at radius 3 is 2.19 bits per heavy atom. The molecule has 0 atom stereocenters. The van der Waals surface area contributed by atoms with Gasteiger partial charge < -0.3 is 19.1 Å². The van der Waals surface area contributed by atoms with E-state index in [4.69, 9.17) is 14.2 Å². The Labute approximate surface area is 160 Å². The van der Waals surface area contributed by atoms with Gasteiger partial charge in [-0.05, 0) is 37.3 Å². The summed E-state index contributed by atoms with van der Waals surface area (Å²) in [5.74, 6) is 0.572. The second-order valence-electron chi connectivity index (χ2n) is 5.47. The van der Waals surface area contributed by atoms with Crippen LogP contribution in [-0.2, 0) is 6.54 Å². The number of nitrogens with zero attached hydrogens (tertiary/aromatic N) is 1. The Morgan fingerprint density at radius 1 is 1.08 bits per heavy atom. The molecular formula is C19H21BrFNO4. The van der Waals surface area contributed by atoms with Crippen molar-refractivity contribution in [2.75, 3.05) is 27.9 Å². The Hall–Kier alpha value is -2.28. The number of benzene rings is 2. The summed E-state index contributed by atoms with van der Waals surface area (Å²) in [4.78, 5) is 14.5. The summed E-state index contributed by atoms with van der Waals surface area (Å²) in [6.45, 7) is 2.41. The molecule has 0 N–H and O–H groups in total. The van der Waals surface area contributed by atoms with Crippen molar-refractivity contribution in [1.29, 1.82) is 0 Å². The second kappa shape index (κ2) is 8.89. The molecule has 7 heteroatoms. The Balaban J connectivity index is 2.37. The van der Waals surface area contributed by atoms with Gasteiger partial charge in [0, 0.05) is 28.7 Å². The number of hydrogen-bond acceptors (Lipinski definition) is 4. The zero-order chi connectivity index (χ0) is 19.3. The first-order valence-electron chi connectivity index (χ1n) is 7.98. The molecule has 0 aromatic heterocycles. The fourth-order valence-electron chi connectivity index (χ4n) is 2.58. The van der Waals surface area contributed by atoms with E-state index >= 15 is 0 Å². The van der Waals surface area contributed by atoms with Gasteiger partial charge in [0.05, 0.1) is 21.3 Å². The van der Waals surface area contributed by atoms with Crippen molar-refractivity contribution in [3.05, 3.63) is 51.7 Å². The zero-order valence-corrected chi connectivity index (χ0v) is 16.7. The molecule has 0 aliphatic heterocycles. The van der Waals surface area contributed by atoms with Crippen LogP contribution in [0.3, 0.4) is 0 Å². The van der Waals surface area contributed by atoms with Crippen LogP contribution in [0.5, 0.6) is 17.2 Å². The molecule has 0 aliphatic rings. The van der Waals surface area contributed by atoms with Gasteiger partial charge in [0.25, 0.3) is 5.91 Å². The van der Waals surface area contributed by atoms with Crippen molar-refractivity contribution in [2.24, 2.45) is 0 Å². The highest BCUT2D eigenvalue weighted by Gasteiger charge is 2.21. The third-order valence-electron chi connectivity index (χ3n) is 3.95. The van der Waals surface area contributed by atoms with E-state index in [0.717, 1.165) is 4.47 Å². The van der Waals surface area contributed by atoms with E-state index in [1.54, 1.807) is 29.2 Å². The van der Waals surface area contributed by atoms with Crippen LogP contribution in [0.1, 0.15) is 22.8 Å². The maximum absolute atomic E-state index is 14.1. The lowest BCUT2D eigenvalue weighted by Gasteiger charge is -2.22. The van der Waals surface area contributed by atoms with Crippen molar-refractivity contribution in [1.82, 2.24) is 4.90 Å². The molecule has 0 radical (unpaired) electrons. The van der Waals surface area contributed by atoms with Gasteiger partial charge in [0.2, 0.25) is 5.75 Å². The van der Waals surface area contributed by atoms with Crippen molar-refractivity contribution in [2.45, 2.75) is 13.5 Å². The van der Waals surface area contributed by atoms with Crippen molar-refractivity contribution in [3.8, 4) is 17.2 Å². The predicted molar refractivity (Wildman–Crippen MR) is 101 cm³/mol. The molecule has 26 heavy (non-hydrogen) atoms. The summed E-state index contributed by atoms with van der Waals surface area (Å²) >= 11 is 3.33. The SMILES string of the molecule is CCN(Cc1cc(Br)ccc1F)C(=O)c1cc(OC)c(OC)c(OC)c1. The largest absolute Gasteiger partial charge is 0.493 e. The molecule has 0 fully saturated rings. The first-order chi connectivity index (χ1) is 12.4. The molecule has 2 aromatic rings. The van der Waals surface area contributed by atoms with E-state index in [0.29, 0.717) is 34.9 Å². The molecule has 5 nitrogen and oxygen atoms in total. The van der Waals surface area contributed by atoms with E-state index in [2.05, 4.69) is 15.9 Å². The summed E-state index contributed by atoms with van der Waals surface area (Å²) in [6, 6.07) is 7.83. The van der Waals surface area contributed by atoms with Crippen LogP contribution in [0.2, 0.25) is 0 Å². The van der Waals surface area contributed by atoms with Gasteiger partial charge in [-0.1, -0.05) is 15.9 Å². The van der Waals surface area contributed by atoms with Crippen LogP contribution in [0.15, 0.2) is 34.8 Å². The molecule has 2 rings (SSSR count). The van der Waals surface area contributed by atoms with E-state index in [9.17, 15) is 9.18 Å². The number of methoxy groups -OCH3 is 3. The van der Waals surface area contributed by atoms with Gasteiger partial charge in [-0.25, -0.2) is 4.39 Å². The van der Waals surface area contributed by atoms with E-state index in [-0.39, 0.29) is 18.3 Å². The van der Waals surface area contributed by atoms with E-state index < -0.39 is 0 Å². The first kappa shape index (κ1) is 20.0. The minimum atomic E-state index is -0.357. The van der Waals surface area contributed by atoms with Gasteiger partial charge >= 0.3 is 0 Å². The molecular weight excluding hydrogens is 405 g/mol. The number of hydrogen-bond donors (Lipinski definition) is 0. The third kappa shape index (κ3) is 4.27. The second-order valence-corrected chi connectivity index (χ2v) is 6.38. The van der Waals surface area contributed by atoms with Gasteiger partial charge in [-0.15, -0.1) is 0 Å². The Kier molecular flexibility index (Phi) is 6.85. The van der Waals surface area contributed by atoms with Gasteiger partial charge in [-0.3, -0.25) is 4.79 Å². The van der Waals surface area contributed by atoms with E-state index in [1.807, 2.05) is 6.92 Å². The third-order valence-corrected chi connectivity index (χ3v) is 4.44. The lowest BCUT2D eigenvalue weighted by molar-refractivity contribution is 0.0750. The molecule has 1 amide bonds. The monoisotopic (exact) mass is 425 g/mol. The normalized spacial score (nSPS) is 10.4. The summed E-state index contributed by atoms with van der Waals surface area (Å²) in [5.41, 5.74) is 0.804. The highest BCUT2D eigenvalue weighted by molar-refractivity contribution is 9.10. The van der Waals surface area contributed by atoms with Crippen LogP contribution >= 0.6 is 15.9 Å². The number of rotatable bonds is 7. The minimum absolute atomic E-state index is 0.150. The fraction of sp³-hybridized carbons (Fsp3) is 0.316. The number of carbonyl (C=O) groups is 1. The lowest BCUT2D eigenvalue weighted by atomic mass is 10.1. The molecule has 0 spiro atoms. The number of amides is 1. The maximum atomic E-state index is 14.1. The summed E-state index contributed by atoms with van der Waals surface area (Å²) in [5, 5.41) is 0. The smallest absolute Gasteiger partial charge is 0.254 e. The predicted octanol–water partition coefficient (Wildman–Crippen LogP) is 4.28. The summed E-state index contributed by atoms with van der Waals surface area (Å²) < 4.78 is 30.7. The average molecular weight is 426 g/mol. The average Bonchev–Trinajstić information content (AvgIpc) is 2.66. The standard InChI is InChI=1S/C19H21BrFNO4/c1-5-22(11-13-8-14(20)6-7-15(13)21)19(23)12-9-16(24-2)18(26-4)17(10-12)25-3/h6-10H,5,11H2,1-4H3.